The fraction of sp³-hybridized carbons (Fsp3) is 0.133. The Morgan fingerprint density at radius 3 is 2.70 bits per heavy atom. The molecule has 0 aliphatic rings. The highest BCUT2D eigenvalue weighted by molar-refractivity contribution is 7.16. The Hall–Kier alpha value is -2.74. The van der Waals surface area contributed by atoms with Crippen LogP contribution in [0.2, 0.25) is 0 Å². The summed E-state index contributed by atoms with van der Waals surface area (Å²) in [6, 6.07) is 5.21. The summed E-state index contributed by atoms with van der Waals surface area (Å²) in [6.45, 7) is 1.89. The van der Waals surface area contributed by atoms with Gasteiger partial charge in [-0.2, -0.15) is 0 Å². The number of thiazole rings is 1. The van der Waals surface area contributed by atoms with Gasteiger partial charge in [-0.05, 0) is 31.2 Å². The van der Waals surface area contributed by atoms with Crippen molar-refractivity contribution < 1.29 is 19.0 Å². The van der Waals surface area contributed by atoms with Crippen molar-refractivity contribution in [2.75, 3.05) is 6.61 Å². The SMILES string of the molecule is CCOc1c(C(=O)O)c(=O)n(-c2ccc(F)cc2)c2scnc12. The van der Waals surface area contributed by atoms with Crippen LogP contribution in [0.15, 0.2) is 34.6 Å². The molecule has 2 heterocycles. The Bertz CT molecular complexity index is 947. The van der Waals surface area contributed by atoms with Crippen LogP contribution < -0.4 is 10.3 Å². The van der Waals surface area contributed by atoms with Crippen molar-refractivity contribution in [1.29, 1.82) is 0 Å². The van der Waals surface area contributed by atoms with Gasteiger partial charge in [0, 0.05) is 0 Å². The molecular weight excluding hydrogens is 323 g/mol. The molecule has 0 unspecified atom stereocenters. The molecule has 23 heavy (non-hydrogen) atoms. The van der Waals surface area contributed by atoms with Crippen LogP contribution in [0.3, 0.4) is 0 Å². The highest BCUT2D eigenvalue weighted by atomic mass is 32.1. The van der Waals surface area contributed by atoms with Crippen molar-refractivity contribution in [2.24, 2.45) is 0 Å². The van der Waals surface area contributed by atoms with E-state index >= 15 is 0 Å². The van der Waals surface area contributed by atoms with Gasteiger partial charge in [0.1, 0.15) is 16.2 Å². The molecule has 2 aromatic heterocycles. The zero-order valence-electron chi connectivity index (χ0n) is 11.9. The Balaban J connectivity index is 2.43. The van der Waals surface area contributed by atoms with E-state index in [-0.39, 0.29) is 17.9 Å². The maximum Gasteiger partial charge on any atom is 0.345 e. The lowest BCUT2D eigenvalue weighted by Crippen LogP contribution is -2.26. The molecule has 0 saturated carbocycles. The van der Waals surface area contributed by atoms with Crippen molar-refractivity contribution in [3.8, 4) is 11.4 Å². The number of carboxylic acid groups (broad SMARTS) is 1. The van der Waals surface area contributed by atoms with Crippen LogP contribution in [0.5, 0.6) is 5.75 Å². The molecule has 1 aromatic carbocycles. The van der Waals surface area contributed by atoms with Crippen molar-refractivity contribution in [2.45, 2.75) is 6.92 Å². The van der Waals surface area contributed by atoms with E-state index < -0.39 is 22.9 Å². The summed E-state index contributed by atoms with van der Waals surface area (Å²) < 4.78 is 19.7. The molecule has 6 nitrogen and oxygen atoms in total. The van der Waals surface area contributed by atoms with Crippen LogP contribution in [0.25, 0.3) is 16.0 Å². The molecule has 0 atom stereocenters. The standard InChI is InChI=1S/C15H11FN2O4S/c1-2-22-12-10(15(20)21)13(19)18(14-11(12)17-7-23-14)9-5-3-8(16)4-6-9/h3-7H,2H2,1H3,(H,20,21). The van der Waals surface area contributed by atoms with Crippen molar-refractivity contribution in [3.63, 3.8) is 0 Å². The van der Waals surface area contributed by atoms with Gasteiger partial charge >= 0.3 is 5.97 Å². The second-order valence-corrected chi connectivity index (χ2v) is 5.40. The summed E-state index contributed by atoms with van der Waals surface area (Å²) in [5.74, 6) is -1.89. The second kappa shape index (κ2) is 5.81. The molecule has 0 bridgehead atoms. The number of fused-ring (bicyclic) bond motifs is 1. The Morgan fingerprint density at radius 1 is 1.39 bits per heavy atom. The minimum atomic E-state index is -1.40. The molecule has 8 heteroatoms. The summed E-state index contributed by atoms with van der Waals surface area (Å²) in [7, 11) is 0. The normalized spacial score (nSPS) is 10.9. The lowest BCUT2D eigenvalue weighted by molar-refractivity contribution is 0.0690. The summed E-state index contributed by atoms with van der Waals surface area (Å²) in [4.78, 5) is 28.8. The van der Waals surface area contributed by atoms with Crippen LogP contribution in [-0.2, 0) is 0 Å². The molecular formula is C15H11FN2O4S. The number of carboxylic acids is 1. The topological polar surface area (TPSA) is 81.4 Å². The molecule has 0 saturated heterocycles. The Morgan fingerprint density at radius 2 is 2.09 bits per heavy atom. The fourth-order valence-corrected chi connectivity index (χ4v) is 3.08. The number of aromatic nitrogens is 2. The molecule has 0 fully saturated rings. The van der Waals surface area contributed by atoms with Crippen molar-refractivity contribution in [3.05, 3.63) is 51.5 Å². The van der Waals surface area contributed by atoms with Gasteiger partial charge in [-0.3, -0.25) is 9.36 Å². The van der Waals surface area contributed by atoms with Crippen LogP contribution in [-0.4, -0.2) is 27.2 Å². The maximum absolute atomic E-state index is 13.1. The van der Waals surface area contributed by atoms with E-state index in [1.54, 1.807) is 6.92 Å². The number of hydrogen-bond donors (Lipinski definition) is 1. The largest absolute Gasteiger partial charge is 0.490 e. The van der Waals surface area contributed by atoms with Crippen molar-refractivity contribution >= 4 is 27.7 Å². The average Bonchev–Trinajstić information content (AvgIpc) is 2.98. The number of carbonyl (C=O) groups is 1. The number of pyridine rings is 1. The highest BCUT2D eigenvalue weighted by Gasteiger charge is 2.25. The van der Waals surface area contributed by atoms with E-state index in [1.165, 1.54) is 45.7 Å². The molecule has 3 rings (SSSR count). The first-order chi connectivity index (χ1) is 11.0. The minimum absolute atomic E-state index is 0.0420. The fourth-order valence-electron chi connectivity index (χ4n) is 2.27. The first-order valence-electron chi connectivity index (χ1n) is 6.68. The van der Waals surface area contributed by atoms with Crippen LogP contribution >= 0.6 is 11.3 Å². The number of benzene rings is 1. The first kappa shape index (κ1) is 15.2. The van der Waals surface area contributed by atoms with E-state index in [4.69, 9.17) is 4.74 Å². The first-order valence-corrected chi connectivity index (χ1v) is 7.56. The third-order valence-corrected chi connectivity index (χ3v) is 4.01. The monoisotopic (exact) mass is 334 g/mol. The molecule has 0 spiro atoms. The molecule has 0 aliphatic heterocycles. The van der Waals surface area contributed by atoms with Gasteiger partial charge in [-0.15, -0.1) is 11.3 Å². The third-order valence-electron chi connectivity index (χ3n) is 3.20. The molecule has 1 N–H and O–H groups in total. The zero-order valence-corrected chi connectivity index (χ0v) is 12.8. The van der Waals surface area contributed by atoms with E-state index in [9.17, 15) is 19.1 Å². The Labute approximate surface area is 133 Å². The smallest absolute Gasteiger partial charge is 0.345 e. The number of nitrogens with zero attached hydrogens (tertiary/aromatic N) is 2. The van der Waals surface area contributed by atoms with E-state index in [1.807, 2.05) is 0 Å². The molecule has 118 valence electrons. The summed E-state index contributed by atoms with van der Waals surface area (Å²) in [5, 5.41) is 9.41. The van der Waals surface area contributed by atoms with E-state index in [0.717, 1.165) is 0 Å². The Kier molecular flexibility index (Phi) is 3.83. The van der Waals surface area contributed by atoms with Gasteiger partial charge < -0.3 is 9.84 Å². The van der Waals surface area contributed by atoms with Crippen LogP contribution in [0, 0.1) is 5.82 Å². The third kappa shape index (κ3) is 2.46. The maximum atomic E-state index is 13.1. The highest BCUT2D eigenvalue weighted by Crippen LogP contribution is 2.30. The van der Waals surface area contributed by atoms with Gasteiger partial charge in [0.2, 0.25) is 0 Å². The summed E-state index contributed by atoms with van der Waals surface area (Å²) in [5.41, 5.74) is 0.909. The lowest BCUT2D eigenvalue weighted by atomic mass is 10.2. The molecule has 3 aromatic rings. The van der Waals surface area contributed by atoms with Gasteiger partial charge in [-0.1, -0.05) is 0 Å². The quantitative estimate of drug-likeness (QED) is 0.793. The molecule has 0 amide bonds. The summed E-state index contributed by atoms with van der Waals surface area (Å²) in [6.07, 6.45) is 0. The van der Waals surface area contributed by atoms with Gasteiger partial charge in [0.05, 0.1) is 17.8 Å². The van der Waals surface area contributed by atoms with Crippen LogP contribution in [0.4, 0.5) is 4.39 Å². The predicted molar refractivity (Wildman–Crippen MR) is 83.3 cm³/mol. The van der Waals surface area contributed by atoms with E-state index in [0.29, 0.717) is 10.5 Å². The number of halogens is 1. The second-order valence-electron chi connectivity index (χ2n) is 4.57. The molecule has 0 radical (unpaired) electrons. The zero-order chi connectivity index (χ0) is 16.6. The number of hydrogen-bond acceptors (Lipinski definition) is 5. The van der Waals surface area contributed by atoms with Gasteiger partial charge in [-0.25, -0.2) is 14.2 Å². The van der Waals surface area contributed by atoms with Gasteiger partial charge in [0.15, 0.2) is 11.3 Å². The molecule has 0 aliphatic carbocycles. The van der Waals surface area contributed by atoms with Crippen LogP contribution in [0.1, 0.15) is 17.3 Å². The predicted octanol–water partition coefficient (Wildman–Crippen LogP) is 2.68. The average molecular weight is 334 g/mol. The number of rotatable bonds is 4. The van der Waals surface area contributed by atoms with E-state index in [2.05, 4.69) is 4.98 Å². The summed E-state index contributed by atoms with van der Waals surface area (Å²) >= 11 is 1.17. The van der Waals surface area contributed by atoms with Gasteiger partial charge in [0.25, 0.3) is 5.56 Å². The minimum Gasteiger partial charge on any atom is -0.490 e. The lowest BCUT2D eigenvalue weighted by Gasteiger charge is -2.13. The van der Waals surface area contributed by atoms with Crippen molar-refractivity contribution in [1.82, 2.24) is 9.55 Å². The number of aromatic carboxylic acids is 1. The number of ether oxygens (including phenoxy) is 1.